The van der Waals surface area contributed by atoms with Crippen molar-refractivity contribution < 1.29 is 47.5 Å². The number of nitrogens with two attached hydrogens (primary N) is 1. The number of unbranched alkanes of at least 4 members (excludes halogenated alkanes) is 10. The zero-order chi connectivity index (χ0) is 40.0. The molecule has 4 N–H and O–H groups in total. The van der Waals surface area contributed by atoms with Gasteiger partial charge in [-0.05, 0) is 83.5 Å². The standard InChI is InChI=1S/C42H70NO10P/c1-3-5-7-9-11-13-15-17-19-21-23-25-27-29-31-33-40(44)50-35-38(36-51-54(48,49)52-37-39(43)42(46)47)53-41(45)34-32-30-28-26-24-22-20-18-16-14-12-10-8-6-4-2/h5,7,11-14,17-20,23,25,38-39H,3-4,6,8-10,15-16,21-22,24,26-37,43H2,1-2H3,(H,46,47)(H,48,49)/b7-5+,13-11+,14-12+,19-17+,20-18+,25-23+/t38-,39+/m1/s1. The zero-order valence-electron chi connectivity index (χ0n) is 33.0. The van der Waals surface area contributed by atoms with E-state index in [0.717, 1.165) is 83.5 Å². The summed E-state index contributed by atoms with van der Waals surface area (Å²) in [4.78, 5) is 45.8. The molecular weight excluding hydrogens is 709 g/mol. The Hall–Kier alpha value is -3.08. The maximum atomic E-state index is 12.6. The van der Waals surface area contributed by atoms with Gasteiger partial charge in [-0.3, -0.25) is 23.4 Å². The van der Waals surface area contributed by atoms with Crippen LogP contribution in [0.5, 0.6) is 0 Å². The Labute approximate surface area is 325 Å². The molecule has 0 rings (SSSR count). The lowest BCUT2D eigenvalue weighted by Crippen LogP contribution is -2.34. The summed E-state index contributed by atoms with van der Waals surface area (Å²) in [6.07, 6.45) is 42.6. The van der Waals surface area contributed by atoms with Crippen LogP contribution in [-0.2, 0) is 37.5 Å². The molecular formula is C42H70NO10P. The van der Waals surface area contributed by atoms with Gasteiger partial charge in [-0.15, -0.1) is 0 Å². The Morgan fingerprint density at radius 3 is 1.59 bits per heavy atom. The predicted octanol–water partition coefficient (Wildman–Crippen LogP) is 10.2. The average Bonchev–Trinajstić information content (AvgIpc) is 3.14. The molecule has 0 saturated carbocycles. The molecule has 0 spiro atoms. The predicted molar refractivity (Wildman–Crippen MR) is 217 cm³/mol. The molecule has 0 aliphatic heterocycles. The van der Waals surface area contributed by atoms with Crippen molar-refractivity contribution in [1.82, 2.24) is 0 Å². The van der Waals surface area contributed by atoms with Gasteiger partial charge < -0.3 is 25.2 Å². The molecule has 0 aromatic heterocycles. The van der Waals surface area contributed by atoms with Crippen molar-refractivity contribution in [3.63, 3.8) is 0 Å². The number of hydrogen-bond acceptors (Lipinski definition) is 9. The van der Waals surface area contributed by atoms with Crippen LogP contribution >= 0.6 is 7.82 Å². The topological polar surface area (TPSA) is 172 Å². The average molecular weight is 780 g/mol. The second-order valence-corrected chi connectivity index (χ2v) is 14.5. The molecule has 0 aromatic carbocycles. The number of carboxylic acids is 1. The van der Waals surface area contributed by atoms with Crippen molar-refractivity contribution in [3.8, 4) is 0 Å². The van der Waals surface area contributed by atoms with Crippen LogP contribution in [0.3, 0.4) is 0 Å². The Kier molecular flexibility index (Phi) is 34.8. The highest BCUT2D eigenvalue weighted by atomic mass is 31.2. The van der Waals surface area contributed by atoms with Gasteiger partial charge in [-0.25, -0.2) is 4.57 Å². The minimum Gasteiger partial charge on any atom is -0.480 e. The van der Waals surface area contributed by atoms with Gasteiger partial charge in [-0.2, -0.15) is 0 Å². The Balaban J connectivity index is 4.53. The Morgan fingerprint density at radius 1 is 0.593 bits per heavy atom. The third-order valence-corrected chi connectivity index (χ3v) is 8.89. The number of ether oxygens (including phenoxy) is 2. The summed E-state index contributed by atoms with van der Waals surface area (Å²) >= 11 is 0. The number of carboxylic acid groups (broad SMARTS) is 1. The van der Waals surface area contributed by atoms with E-state index >= 15 is 0 Å². The summed E-state index contributed by atoms with van der Waals surface area (Å²) in [6.45, 7) is 2.57. The van der Waals surface area contributed by atoms with Gasteiger partial charge in [0, 0.05) is 12.8 Å². The highest BCUT2D eigenvalue weighted by Crippen LogP contribution is 2.43. The summed E-state index contributed by atoms with van der Waals surface area (Å²) in [5, 5.41) is 8.87. The molecule has 54 heavy (non-hydrogen) atoms. The van der Waals surface area contributed by atoms with Crippen molar-refractivity contribution in [2.24, 2.45) is 5.73 Å². The summed E-state index contributed by atoms with van der Waals surface area (Å²) in [5.41, 5.74) is 5.32. The number of rotatable bonds is 36. The second-order valence-electron chi connectivity index (χ2n) is 13.0. The lowest BCUT2D eigenvalue weighted by atomic mass is 10.1. The van der Waals surface area contributed by atoms with E-state index in [0.29, 0.717) is 12.8 Å². The second kappa shape index (κ2) is 36.9. The summed E-state index contributed by atoms with van der Waals surface area (Å²) in [6, 6.07) is -1.53. The fourth-order valence-electron chi connectivity index (χ4n) is 4.79. The van der Waals surface area contributed by atoms with Crippen molar-refractivity contribution in [1.29, 1.82) is 0 Å². The fourth-order valence-corrected chi connectivity index (χ4v) is 5.57. The first-order chi connectivity index (χ1) is 26.1. The van der Waals surface area contributed by atoms with Crippen molar-refractivity contribution >= 4 is 25.7 Å². The van der Waals surface area contributed by atoms with Gasteiger partial charge in [0.25, 0.3) is 0 Å². The largest absolute Gasteiger partial charge is 0.480 e. The Morgan fingerprint density at radius 2 is 1.04 bits per heavy atom. The first-order valence-corrected chi connectivity index (χ1v) is 21.5. The van der Waals surface area contributed by atoms with Gasteiger partial charge in [0.1, 0.15) is 12.6 Å². The smallest absolute Gasteiger partial charge is 0.472 e. The fraction of sp³-hybridized carbons (Fsp3) is 0.643. The molecule has 308 valence electrons. The van der Waals surface area contributed by atoms with E-state index in [1.807, 2.05) is 0 Å². The van der Waals surface area contributed by atoms with E-state index in [9.17, 15) is 23.8 Å². The Bertz CT molecular complexity index is 1190. The van der Waals surface area contributed by atoms with Gasteiger partial charge in [-0.1, -0.05) is 119 Å². The van der Waals surface area contributed by atoms with Gasteiger partial charge in [0.15, 0.2) is 6.10 Å². The van der Waals surface area contributed by atoms with E-state index < -0.39 is 51.1 Å². The first kappa shape index (κ1) is 50.9. The maximum Gasteiger partial charge on any atom is 0.472 e. The lowest BCUT2D eigenvalue weighted by Gasteiger charge is -2.20. The molecule has 0 amide bonds. The van der Waals surface area contributed by atoms with E-state index in [4.69, 9.17) is 24.8 Å². The summed E-state index contributed by atoms with van der Waals surface area (Å²) in [5.74, 6) is -2.46. The van der Waals surface area contributed by atoms with E-state index in [1.165, 1.54) is 19.3 Å². The molecule has 0 heterocycles. The van der Waals surface area contributed by atoms with Gasteiger partial charge >= 0.3 is 25.7 Å². The molecule has 0 aliphatic rings. The normalized spacial score (nSPS) is 14.6. The van der Waals surface area contributed by atoms with E-state index in [2.05, 4.69) is 91.3 Å². The van der Waals surface area contributed by atoms with Crippen molar-refractivity contribution in [2.45, 2.75) is 154 Å². The zero-order valence-corrected chi connectivity index (χ0v) is 33.9. The van der Waals surface area contributed by atoms with Crippen LogP contribution < -0.4 is 5.73 Å². The number of allylic oxidation sites excluding steroid dienone is 12. The summed E-state index contributed by atoms with van der Waals surface area (Å²) < 4.78 is 32.6. The molecule has 11 nitrogen and oxygen atoms in total. The lowest BCUT2D eigenvalue weighted by molar-refractivity contribution is -0.161. The van der Waals surface area contributed by atoms with Crippen LogP contribution in [0.25, 0.3) is 0 Å². The van der Waals surface area contributed by atoms with Crippen LogP contribution in [0.4, 0.5) is 0 Å². The third kappa shape index (κ3) is 35.9. The number of aliphatic carboxylic acids is 1. The molecule has 0 fully saturated rings. The highest BCUT2D eigenvalue weighted by Gasteiger charge is 2.28. The number of phosphoric acid groups is 1. The van der Waals surface area contributed by atoms with E-state index in [-0.39, 0.29) is 19.4 Å². The number of esters is 2. The molecule has 12 heteroatoms. The third-order valence-electron chi connectivity index (χ3n) is 7.94. The minimum absolute atomic E-state index is 0.132. The van der Waals surface area contributed by atoms with Crippen LogP contribution in [-0.4, -0.2) is 59.9 Å². The molecule has 0 radical (unpaired) electrons. The van der Waals surface area contributed by atoms with Gasteiger partial charge in [0.2, 0.25) is 0 Å². The molecule has 0 aromatic rings. The molecule has 0 saturated heterocycles. The van der Waals surface area contributed by atoms with E-state index in [1.54, 1.807) is 0 Å². The number of phosphoric ester groups is 1. The molecule has 0 bridgehead atoms. The number of carbonyl (C=O) groups is 3. The van der Waals surface area contributed by atoms with Crippen molar-refractivity contribution in [2.75, 3.05) is 19.8 Å². The van der Waals surface area contributed by atoms with Crippen LogP contribution in [0.1, 0.15) is 142 Å². The molecule has 0 aliphatic carbocycles. The minimum atomic E-state index is -4.73. The highest BCUT2D eigenvalue weighted by molar-refractivity contribution is 7.47. The SMILES string of the molecule is CC/C=C/C/C=C/C/C=C/C/C=C/CCCCC(=O)OC[C@H](COP(=O)(O)OC[C@H](N)C(=O)O)OC(=O)CCCCCCC/C=C/C/C=C/CCCCC. The van der Waals surface area contributed by atoms with Gasteiger partial charge in [0.05, 0.1) is 13.2 Å². The monoisotopic (exact) mass is 779 g/mol. The number of carbonyl (C=O) groups excluding carboxylic acids is 2. The van der Waals surface area contributed by atoms with Crippen molar-refractivity contribution in [3.05, 3.63) is 72.9 Å². The van der Waals surface area contributed by atoms with Crippen LogP contribution in [0.15, 0.2) is 72.9 Å². The number of hydrogen-bond donors (Lipinski definition) is 3. The molecule has 3 atom stereocenters. The maximum absolute atomic E-state index is 12.6. The van der Waals surface area contributed by atoms with Crippen LogP contribution in [0.2, 0.25) is 0 Å². The first-order valence-electron chi connectivity index (χ1n) is 20.0. The molecule has 1 unspecified atom stereocenters. The van der Waals surface area contributed by atoms with Crippen LogP contribution in [0, 0.1) is 0 Å². The quantitative estimate of drug-likeness (QED) is 0.0239. The summed E-state index contributed by atoms with van der Waals surface area (Å²) in [7, 11) is -4.73.